The SMILES string of the molecule is CC1COC(=O)C=CC(=O)O1.[Ca]. The molecule has 0 aromatic carbocycles. The van der Waals surface area contributed by atoms with Crippen molar-refractivity contribution < 1.29 is 19.1 Å². The predicted octanol–water partition coefficient (Wildman–Crippen LogP) is -0.350. The summed E-state index contributed by atoms with van der Waals surface area (Å²) in [6, 6.07) is 0. The van der Waals surface area contributed by atoms with E-state index in [1.54, 1.807) is 6.92 Å². The second-order valence-corrected chi connectivity index (χ2v) is 2.21. The smallest absolute Gasteiger partial charge is 0.331 e. The number of rotatable bonds is 0. The minimum atomic E-state index is -0.506. The number of ether oxygens (including phenoxy) is 2. The molecule has 1 unspecified atom stereocenters. The van der Waals surface area contributed by atoms with Gasteiger partial charge in [0.05, 0.1) is 0 Å². The van der Waals surface area contributed by atoms with E-state index in [-0.39, 0.29) is 50.4 Å². The van der Waals surface area contributed by atoms with E-state index >= 15 is 0 Å². The Hall–Kier alpha value is -0.0603. The quantitative estimate of drug-likeness (QED) is 0.392. The fourth-order valence-corrected chi connectivity index (χ4v) is 0.655. The third-order valence-electron chi connectivity index (χ3n) is 1.13. The molecule has 0 amide bonds. The van der Waals surface area contributed by atoms with Crippen LogP contribution in [-0.2, 0) is 19.1 Å². The molecule has 1 heterocycles. The van der Waals surface area contributed by atoms with Gasteiger partial charge in [0.1, 0.15) is 12.7 Å². The number of hydrogen-bond donors (Lipinski definition) is 0. The maximum Gasteiger partial charge on any atom is 0.331 e. The largest absolute Gasteiger partial charge is 0.459 e. The molecule has 0 aromatic rings. The molecule has 0 N–H and O–H groups in total. The number of hydrogen-bond acceptors (Lipinski definition) is 4. The molecule has 0 spiro atoms. The van der Waals surface area contributed by atoms with Crippen LogP contribution in [0, 0.1) is 0 Å². The van der Waals surface area contributed by atoms with E-state index in [4.69, 9.17) is 4.74 Å². The van der Waals surface area contributed by atoms with Gasteiger partial charge < -0.3 is 9.47 Å². The van der Waals surface area contributed by atoms with Crippen LogP contribution in [0.4, 0.5) is 0 Å². The Morgan fingerprint density at radius 2 is 1.92 bits per heavy atom. The van der Waals surface area contributed by atoms with Crippen LogP contribution in [0.25, 0.3) is 0 Å². The Morgan fingerprint density at radius 1 is 1.33 bits per heavy atom. The van der Waals surface area contributed by atoms with Crippen LogP contribution in [-0.4, -0.2) is 62.4 Å². The van der Waals surface area contributed by atoms with Crippen molar-refractivity contribution in [3.05, 3.63) is 12.2 Å². The van der Waals surface area contributed by atoms with Gasteiger partial charge in [0.15, 0.2) is 0 Å². The average molecular weight is 196 g/mol. The molecule has 62 valence electrons. The summed E-state index contributed by atoms with van der Waals surface area (Å²) in [5.41, 5.74) is 0. The number of esters is 2. The normalized spacial score (nSPS) is 22.9. The maximum atomic E-state index is 10.7. The molecular formula is C7H8CaO4. The van der Waals surface area contributed by atoms with Crippen LogP contribution in [0.15, 0.2) is 12.2 Å². The topological polar surface area (TPSA) is 52.6 Å². The molecule has 1 aliphatic heterocycles. The van der Waals surface area contributed by atoms with Gasteiger partial charge in [-0.3, -0.25) is 0 Å². The standard InChI is InChI=1S/C7H8O4.Ca/c1-5-4-10-6(8)2-3-7(9)11-5;/h2-3,5H,4H2,1H3;. The minimum Gasteiger partial charge on any atom is -0.459 e. The molecular weight excluding hydrogens is 188 g/mol. The summed E-state index contributed by atoms with van der Waals surface area (Å²) >= 11 is 0. The van der Waals surface area contributed by atoms with Gasteiger partial charge in [0, 0.05) is 49.9 Å². The van der Waals surface area contributed by atoms with Crippen molar-refractivity contribution in [1.29, 1.82) is 0 Å². The van der Waals surface area contributed by atoms with E-state index in [1.165, 1.54) is 0 Å². The second-order valence-electron chi connectivity index (χ2n) is 2.21. The summed E-state index contributed by atoms with van der Waals surface area (Å²) in [5.74, 6) is -1.01. The molecule has 0 aromatic heterocycles. The predicted molar refractivity (Wildman–Crippen MR) is 41.4 cm³/mol. The van der Waals surface area contributed by atoms with Crippen molar-refractivity contribution in [1.82, 2.24) is 0 Å². The summed E-state index contributed by atoms with van der Waals surface area (Å²) < 4.78 is 9.38. The van der Waals surface area contributed by atoms with Crippen LogP contribution in [0.3, 0.4) is 0 Å². The molecule has 12 heavy (non-hydrogen) atoms. The average Bonchev–Trinajstić information content (AvgIpc) is 1.95. The first kappa shape index (κ1) is 11.9. The first-order chi connectivity index (χ1) is 5.18. The Kier molecular flexibility index (Phi) is 5.53. The molecule has 2 radical (unpaired) electrons. The Bertz CT molecular complexity index is 211. The van der Waals surface area contributed by atoms with Crippen molar-refractivity contribution in [3.8, 4) is 0 Å². The van der Waals surface area contributed by atoms with Gasteiger partial charge in [-0.05, 0) is 6.92 Å². The Morgan fingerprint density at radius 3 is 2.58 bits per heavy atom. The van der Waals surface area contributed by atoms with Gasteiger partial charge >= 0.3 is 11.9 Å². The fourth-order valence-electron chi connectivity index (χ4n) is 0.655. The van der Waals surface area contributed by atoms with Crippen LogP contribution in [0.2, 0.25) is 0 Å². The first-order valence-corrected chi connectivity index (χ1v) is 3.24. The van der Waals surface area contributed by atoms with Crippen molar-refractivity contribution in [2.45, 2.75) is 13.0 Å². The van der Waals surface area contributed by atoms with Gasteiger partial charge in [-0.1, -0.05) is 0 Å². The molecule has 4 nitrogen and oxygen atoms in total. The number of cyclic esters (lactones) is 2. The van der Waals surface area contributed by atoms with Gasteiger partial charge in [-0.15, -0.1) is 0 Å². The number of carbonyl (C=O) groups excluding carboxylic acids is 2. The minimum absolute atomic E-state index is 0. The summed E-state index contributed by atoms with van der Waals surface area (Å²) in [4.78, 5) is 21.3. The zero-order valence-corrected chi connectivity index (χ0v) is 8.99. The fraction of sp³-hybridized carbons (Fsp3) is 0.429. The summed E-state index contributed by atoms with van der Waals surface area (Å²) in [5, 5.41) is 0. The molecule has 1 atom stereocenters. The molecule has 0 saturated carbocycles. The summed E-state index contributed by atoms with van der Waals surface area (Å²) in [7, 11) is 0. The van der Waals surface area contributed by atoms with E-state index in [0.29, 0.717) is 0 Å². The van der Waals surface area contributed by atoms with Crippen LogP contribution >= 0.6 is 0 Å². The molecule has 1 aliphatic rings. The second kappa shape index (κ2) is 5.56. The van der Waals surface area contributed by atoms with Gasteiger partial charge in [0.2, 0.25) is 0 Å². The van der Waals surface area contributed by atoms with E-state index in [9.17, 15) is 9.59 Å². The van der Waals surface area contributed by atoms with Crippen LogP contribution in [0.1, 0.15) is 6.92 Å². The van der Waals surface area contributed by atoms with Crippen LogP contribution in [0.5, 0.6) is 0 Å². The van der Waals surface area contributed by atoms with Gasteiger partial charge in [0.25, 0.3) is 0 Å². The Labute approximate surface area is 99.9 Å². The van der Waals surface area contributed by atoms with Gasteiger partial charge in [-0.25, -0.2) is 9.59 Å². The molecule has 0 aliphatic carbocycles. The van der Waals surface area contributed by atoms with E-state index in [2.05, 4.69) is 4.74 Å². The Balaban J connectivity index is 0.00000121. The van der Waals surface area contributed by atoms with E-state index in [0.717, 1.165) is 12.2 Å². The van der Waals surface area contributed by atoms with Crippen LogP contribution < -0.4 is 0 Å². The molecule has 5 heteroatoms. The van der Waals surface area contributed by atoms with Crippen molar-refractivity contribution in [3.63, 3.8) is 0 Å². The van der Waals surface area contributed by atoms with Crippen molar-refractivity contribution in [2.24, 2.45) is 0 Å². The maximum absolute atomic E-state index is 10.7. The monoisotopic (exact) mass is 196 g/mol. The van der Waals surface area contributed by atoms with Crippen molar-refractivity contribution in [2.75, 3.05) is 6.61 Å². The first-order valence-electron chi connectivity index (χ1n) is 3.24. The van der Waals surface area contributed by atoms with E-state index < -0.39 is 11.9 Å². The van der Waals surface area contributed by atoms with Crippen molar-refractivity contribution >= 4 is 49.7 Å². The summed E-state index contributed by atoms with van der Waals surface area (Å²) in [6.45, 7) is 1.78. The third-order valence-corrected chi connectivity index (χ3v) is 1.13. The summed E-state index contributed by atoms with van der Waals surface area (Å²) in [6.07, 6.45) is 1.74. The molecule has 0 fully saturated rings. The zero-order chi connectivity index (χ0) is 8.27. The molecule has 1 rings (SSSR count). The van der Waals surface area contributed by atoms with E-state index in [1.807, 2.05) is 0 Å². The van der Waals surface area contributed by atoms with Gasteiger partial charge in [-0.2, -0.15) is 0 Å². The molecule has 0 saturated heterocycles. The molecule has 0 bridgehead atoms. The number of carbonyl (C=O) groups is 2. The zero-order valence-electron chi connectivity index (χ0n) is 6.78. The third kappa shape index (κ3) is 4.09.